The van der Waals surface area contributed by atoms with Gasteiger partial charge in [0.05, 0.1) is 10.9 Å². The van der Waals surface area contributed by atoms with Crippen molar-refractivity contribution in [1.29, 1.82) is 0 Å². The first-order valence-corrected chi connectivity index (χ1v) is 6.32. The molecule has 4 nitrogen and oxygen atoms in total. The topological polar surface area (TPSA) is 67.6 Å². The van der Waals surface area contributed by atoms with Gasteiger partial charge in [0.25, 0.3) is 0 Å². The number of H-pyrrole nitrogens is 1. The second-order valence-electron chi connectivity index (χ2n) is 3.93. The van der Waals surface area contributed by atoms with E-state index < -0.39 is 0 Å². The molecule has 16 heavy (non-hydrogen) atoms. The van der Waals surface area contributed by atoms with Crippen molar-refractivity contribution in [2.45, 2.75) is 26.3 Å². The first kappa shape index (κ1) is 11.3. The quantitative estimate of drug-likeness (QED) is 0.857. The Bertz CT molecular complexity index is 435. The highest BCUT2D eigenvalue weighted by Crippen LogP contribution is 2.24. The van der Waals surface area contributed by atoms with Gasteiger partial charge in [0.15, 0.2) is 5.82 Å². The van der Waals surface area contributed by atoms with E-state index in [-0.39, 0.29) is 6.04 Å². The zero-order valence-corrected chi connectivity index (χ0v) is 10.3. The van der Waals surface area contributed by atoms with E-state index in [0.717, 1.165) is 22.9 Å². The molecule has 0 aliphatic rings. The Morgan fingerprint density at radius 2 is 2.38 bits per heavy atom. The number of rotatable bonds is 4. The van der Waals surface area contributed by atoms with Gasteiger partial charge in [0.2, 0.25) is 0 Å². The molecule has 0 spiro atoms. The third kappa shape index (κ3) is 2.15. The van der Waals surface area contributed by atoms with Crippen LogP contribution >= 0.6 is 11.3 Å². The fourth-order valence-electron chi connectivity index (χ4n) is 1.46. The maximum atomic E-state index is 6.09. The number of nitrogens with one attached hydrogen (secondary N) is 1. The van der Waals surface area contributed by atoms with E-state index in [0.29, 0.717) is 5.92 Å². The van der Waals surface area contributed by atoms with Crippen LogP contribution in [0.1, 0.15) is 32.1 Å². The van der Waals surface area contributed by atoms with Crippen molar-refractivity contribution in [1.82, 2.24) is 15.2 Å². The van der Waals surface area contributed by atoms with Gasteiger partial charge < -0.3 is 5.73 Å². The smallest absolute Gasteiger partial charge is 0.191 e. The highest BCUT2D eigenvalue weighted by molar-refractivity contribution is 7.13. The summed E-state index contributed by atoms with van der Waals surface area (Å²) in [6.07, 6.45) is 1.04. The van der Waals surface area contributed by atoms with Crippen molar-refractivity contribution in [3.63, 3.8) is 0 Å². The third-order valence-corrected chi connectivity index (χ3v) is 3.68. The van der Waals surface area contributed by atoms with Crippen molar-refractivity contribution in [3.8, 4) is 10.7 Å². The number of aromatic amines is 1. The summed E-state index contributed by atoms with van der Waals surface area (Å²) in [5, 5.41) is 9.13. The summed E-state index contributed by atoms with van der Waals surface area (Å²) < 4.78 is 0. The summed E-state index contributed by atoms with van der Waals surface area (Å²) in [5.41, 5.74) is 6.09. The lowest BCUT2D eigenvalue weighted by molar-refractivity contribution is 0.440. The van der Waals surface area contributed by atoms with Crippen molar-refractivity contribution in [3.05, 3.63) is 23.3 Å². The van der Waals surface area contributed by atoms with Crippen LogP contribution in [0.15, 0.2) is 17.5 Å². The highest BCUT2D eigenvalue weighted by atomic mass is 32.1. The molecule has 2 atom stereocenters. The molecule has 0 aromatic carbocycles. The fourth-order valence-corrected chi connectivity index (χ4v) is 2.12. The van der Waals surface area contributed by atoms with Crippen LogP contribution < -0.4 is 5.73 Å². The average molecular weight is 236 g/mol. The van der Waals surface area contributed by atoms with Gasteiger partial charge in [-0.2, -0.15) is 5.10 Å². The van der Waals surface area contributed by atoms with Crippen LogP contribution in [-0.4, -0.2) is 15.2 Å². The second-order valence-corrected chi connectivity index (χ2v) is 4.88. The summed E-state index contributed by atoms with van der Waals surface area (Å²) in [6, 6.07) is 3.93. The van der Waals surface area contributed by atoms with Crippen LogP contribution in [0.3, 0.4) is 0 Å². The predicted octanol–water partition coefficient (Wildman–Crippen LogP) is 2.58. The first-order chi connectivity index (χ1) is 7.72. The molecule has 3 N–H and O–H groups in total. The molecule has 0 fully saturated rings. The van der Waals surface area contributed by atoms with E-state index in [1.54, 1.807) is 11.3 Å². The molecule has 86 valence electrons. The van der Waals surface area contributed by atoms with Crippen LogP contribution in [0.25, 0.3) is 10.7 Å². The van der Waals surface area contributed by atoms with Gasteiger partial charge in [0.1, 0.15) is 5.82 Å². The fraction of sp³-hybridized carbons (Fsp3) is 0.455. The molecular formula is C11H16N4S. The Balaban J connectivity index is 2.20. The normalized spacial score (nSPS) is 14.9. The van der Waals surface area contributed by atoms with Crippen molar-refractivity contribution >= 4 is 11.3 Å². The minimum Gasteiger partial charge on any atom is -0.321 e. The molecule has 5 heteroatoms. The Hall–Kier alpha value is -1.20. The molecule has 2 heterocycles. The number of nitrogens with zero attached hydrogens (tertiary/aromatic N) is 2. The van der Waals surface area contributed by atoms with Gasteiger partial charge in [0, 0.05) is 0 Å². The van der Waals surface area contributed by atoms with E-state index in [9.17, 15) is 0 Å². The molecule has 2 rings (SSSR count). The lowest BCUT2D eigenvalue weighted by Crippen LogP contribution is -2.19. The molecule has 0 aliphatic heterocycles. The minimum absolute atomic E-state index is 0.0637. The number of hydrogen-bond acceptors (Lipinski definition) is 4. The monoisotopic (exact) mass is 236 g/mol. The molecule has 0 unspecified atom stereocenters. The molecule has 0 amide bonds. The molecule has 0 saturated heterocycles. The Kier molecular flexibility index (Phi) is 3.36. The van der Waals surface area contributed by atoms with Gasteiger partial charge in [-0.25, -0.2) is 4.98 Å². The lowest BCUT2D eigenvalue weighted by Gasteiger charge is -2.14. The molecule has 0 radical (unpaired) electrons. The van der Waals surface area contributed by atoms with Crippen LogP contribution in [0.2, 0.25) is 0 Å². The first-order valence-electron chi connectivity index (χ1n) is 5.44. The van der Waals surface area contributed by atoms with Crippen LogP contribution in [-0.2, 0) is 0 Å². The average Bonchev–Trinajstić information content (AvgIpc) is 2.96. The zero-order chi connectivity index (χ0) is 11.5. The summed E-state index contributed by atoms with van der Waals surface area (Å²) in [6.45, 7) is 4.25. The Morgan fingerprint density at radius 3 is 3.00 bits per heavy atom. The van der Waals surface area contributed by atoms with Gasteiger partial charge in [-0.05, 0) is 17.4 Å². The van der Waals surface area contributed by atoms with Crippen molar-refractivity contribution in [2.75, 3.05) is 0 Å². The van der Waals surface area contributed by atoms with E-state index in [1.165, 1.54) is 0 Å². The minimum atomic E-state index is -0.0637. The molecule has 0 aliphatic carbocycles. The summed E-state index contributed by atoms with van der Waals surface area (Å²) >= 11 is 1.63. The van der Waals surface area contributed by atoms with Crippen molar-refractivity contribution in [2.24, 2.45) is 11.7 Å². The van der Waals surface area contributed by atoms with Gasteiger partial charge in [-0.3, -0.25) is 5.10 Å². The number of thiophene rings is 1. The predicted molar refractivity (Wildman–Crippen MR) is 66.1 cm³/mol. The SMILES string of the molecule is CC[C@H](C)[C@H](N)c1nc(-c2cccs2)n[nH]1. The van der Waals surface area contributed by atoms with Gasteiger partial charge >= 0.3 is 0 Å². The van der Waals surface area contributed by atoms with Crippen LogP contribution in [0.4, 0.5) is 0 Å². The number of nitrogens with two attached hydrogens (primary N) is 1. The lowest BCUT2D eigenvalue weighted by atomic mass is 10.00. The maximum Gasteiger partial charge on any atom is 0.191 e. The Labute approximate surface area is 98.9 Å². The molecule has 2 aromatic heterocycles. The van der Waals surface area contributed by atoms with E-state index >= 15 is 0 Å². The van der Waals surface area contributed by atoms with Crippen LogP contribution in [0, 0.1) is 5.92 Å². The molecule has 2 aromatic rings. The van der Waals surface area contributed by atoms with Crippen LogP contribution in [0.5, 0.6) is 0 Å². The Morgan fingerprint density at radius 1 is 1.56 bits per heavy atom. The zero-order valence-electron chi connectivity index (χ0n) is 9.47. The molecular weight excluding hydrogens is 220 g/mol. The standard InChI is InChI=1S/C11H16N4S/c1-3-7(2)9(12)11-13-10(14-15-11)8-5-4-6-16-8/h4-7,9H,3,12H2,1-2H3,(H,13,14,15)/t7-,9-/m0/s1. The molecule has 0 bridgehead atoms. The summed E-state index contributed by atoms with van der Waals surface area (Å²) in [5.74, 6) is 1.92. The maximum absolute atomic E-state index is 6.09. The summed E-state index contributed by atoms with van der Waals surface area (Å²) in [7, 11) is 0. The number of aromatic nitrogens is 3. The van der Waals surface area contributed by atoms with Gasteiger partial charge in [-0.1, -0.05) is 26.3 Å². The second kappa shape index (κ2) is 4.76. The van der Waals surface area contributed by atoms with E-state index in [4.69, 9.17) is 5.73 Å². The van der Waals surface area contributed by atoms with E-state index in [2.05, 4.69) is 29.0 Å². The van der Waals surface area contributed by atoms with Gasteiger partial charge in [-0.15, -0.1) is 11.3 Å². The van der Waals surface area contributed by atoms with Crippen molar-refractivity contribution < 1.29 is 0 Å². The van der Waals surface area contributed by atoms with E-state index in [1.807, 2.05) is 17.5 Å². The number of hydrogen-bond donors (Lipinski definition) is 2. The highest BCUT2D eigenvalue weighted by Gasteiger charge is 2.17. The molecule has 0 saturated carbocycles. The third-order valence-electron chi connectivity index (χ3n) is 2.82. The summed E-state index contributed by atoms with van der Waals surface area (Å²) in [4.78, 5) is 5.51. The largest absolute Gasteiger partial charge is 0.321 e.